The molecule has 0 saturated carbocycles. The molecule has 5 N–H and O–H groups in total. The van der Waals surface area contributed by atoms with E-state index < -0.39 is 81.6 Å². The molecule has 5 aromatic rings. The van der Waals surface area contributed by atoms with E-state index in [1.807, 2.05) is 70.1 Å². The maximum absolute atomic E-state index is 13.7. The summed E-state index contributed by atoms with van der Waals surface area (Å²) in [6.07, 6.45) is 11.2. The van der Waals surface area contributed by atoms with Gasteiger partial charge in [0.25, 0.3) is 46.4 Å². The topological polar surface area (TPSA) is 342 Å². The van der Waals surface area contributed by atoms with Crippen molar-refractivity contribution in [1.29, 1.82) is 0 Å². The quantitative estimate of drug-likeness (QED) is 0.00612. The SMILES string of the molecule is COCCOCCOCCOCCOCCN1C(=CC=CC=CC2=[N+](CCCCCC(=O)CCCNC(=O)c3ccc(C(=O)OC)c(P(c4ccccc4)c4ccccc4)c3)c3ccc(S(=O)(=O)O)cc3C2(C)CCCS(=O)(=O)O)C(C)(CCCS(=O)(=O)O)c2cc(S(=O)(=O)O)ccc21. The van der Waals surface area contributed by atoms with Gasteiger partial charge in [0.05, 0.1) is 98.8 Å². The highest BCUT2D eigenvalue weighted by Crippen LogP contribution is 2.51. The van der Waals surface area contributed by atoms with Gasteiger partial charge in [0, 0.05) is 84.8 Å². The number of anilines is 1. The van der Waals surface area contributed by atoms with E-state index in [1.165, 1.54) is 31.4 Å². The van der Waals surface area contributed by atoms with Crippen LogP contribution in [-0.4, -0.2) is 185 Å². The van der Waals surface area contributed by atoms with Crippen LogP contribution in [0.3, 0.4) is 0 Å². The van der Waals surface area contributed by atoms with Crippen LogP contribution in [0.1, 0.15) is 110 Å². The number of allylic oxidation sites excluding steroid dienone is 6. The summed E-state index contributed by atoms with van der Waals surface area (Å²) in [4.78, 5) is 41.2. The van der Waals surface area contributed by atoms with Crippen LogP contribution < -0.4 is 26.1 Å². The Morgan fingerprint density at radius 2 is 1.12 bits per heavy atom. The molecule has 0 radical (unpaired) electrons. The first-order valence-electron chi connectivity index (χ1n) is 32.4. The summed E-state index contributed by atoms with van der Waals surface area (Å²) < 4.78 is 173. The fraction of sp³-hybridized carbons (Fsp3) is 0.429. The predicted octanol–water partition coefficient (Wildman–Crippen LogP) is 8.24. The normalized spacial score (nSPS) is 16.9. The molecule has 2 aliphatic heterocycles. The van der Waals surface area contributed by atoms with Crippen molar-refractivity contribution >= 4 is 99.1 Å². The first-order chi connectivity index (χ1) is 47.1. The number of esters is 1. The van der Waals surface area contributed by atoms with Gasteiger partial charge in [0.1, 0.15) is 12.3 Å². The van der Waals surface area contributed by atoms with Crippen LogP contribution in [-0.2, 0) is 84.5 Å². The van der Waals surface area contributed by atoms with Crippen molar-refractivity contribution in [2.45, 2.75) is 98.7 Å². The molecule has 99 heavy (non-hydrogen) atoms. The number of unbranched alkanes of at least 4 members (excludes halogenated alkanes) is 2. The summed E-state index contributed by atoms with van der Waals surface area (Å²) in [5, 5.41) is 5.54. The number of methoxy groups -OCH3 is 2. The smallest absolute Gasteiger partial charge is 0.338 e. The van der Waals surface area contributed by atoms with E-state index in [4.69, 9.17) is 28.4 Å². The van der Waals surface area contributed by atoms with Gasteiger partial charge in [-0.2, -0.15) is 38.2 Å². The highest BCUT2D eigenvalue weighted by molar-refractivity contribution is 7.86. The van der Waals surface area contributed by atoms with Gasteiger partial charge in [-0.1, -0.05) is 78.9 Å². The highest BCUT2D eigenvalue weighted by Gasteiger charge is 2.48. The molecule has 7 rings (SSSR count). The lowest BCUT2D eigenvalue weighted by molar-refractivity contribution is -0.438. The third kappa shape index (κ3) is 23.1. The van der Waals surface area contributed by atoms with Crippen molar-refractivity contribution in [2.75, 3.05) is 110 Å². The second-order valence-electron chi connectivity index (χ2n) is 24.1. The fourth-order valence-electron chi connectivity index (χ4n) is 12.2. The maximum Gasteiger partial charge on any atom is 0.338 e. The van der Waals surface area contributed by atoms with Crippen molar-refractivity contribution in [3.05, 3.63) is 174 Å². The molecule has 1 amide bonds. The van der Waals surface area contributed by atoms with E-state index in [0.717, 1.165) is 10.6 Å². The van der Waals surface area contributed by atoms with E-state index in [0.29, 0.717) is 122 Å². The fourth-order valence-corrected chi connectivity index (χ4v) is 16.7. The van der Waals surface area contributed by atoms with E-state index in [1.54, 1.807) is 81.7 Å². The van der Waals surface area contributed by atoms with Crippen LogP contribution in [0, 0.1) is 0 Å². The Morgan fingerprint density at radius 1 is 0.576 bits per heavy atom. The van der Waals surface area contributed by atoms with Crippen molar-refractivity contribution in [2.24, 2.45) is 0 Å². The molecule has 2 heterocycles. The Balaban J connectivity index is 1.07. The molecule has 24 nitrogen and oxygen atoms in total. The number of hydrogen-bond acceptors (Lipinski definition) is 18. The van der Waals surface area contributed by atoms with Crippen LogP contribution in [0.4, 0.5) is 11.4 Å². The summed E-state index contributed by atoms with van der Waals surface area (Å²) in [5.74, 6) is -2.10. The number of hydrogen-bond donors (Lipinski definition) is 5. The number of benzene rings is 5. The molecular formula is C70H89N3O21PS4+. The summed E-state index contributed by atoms with van der Waals surface area (Å²) in [5.41, 5.74) is 1.70. The summed E-state index contributed by atoms with van der Waals surface area (Å²) >= 11 is 0. The Hall–Kier alpha value is -6.73. The number of ether oxygens (including phenoxy) is 6. The Morgan fingerprint density at radius 3 is 1.69 bits per heavy atom. The molecular weight excluding hydrogens is 1380 g/mol. The van der Waals surface area contributed by atoms with Crippen molar-refractivity contribution < 1.29 is 99.3 Å². The molecule has 0 fully saturated rings. The zero-order valence-electron chi connectivity index (χ0n) is 56.0. The molecule has 5 aromatic carbocycles. The van der Waals surface area contributed by atoms with Gasteiger partial charge in [-0.05, 0) is 137 Å². The molecule has 0 spiro atoms. The lowest BCUT2D eigenvalue weighted by atomic mass is 9.76. The van der Waals surface area contributed by atoms with E-state index >= 15 is 0 Å². The number of fused-ring (bicyclic) bond motifs is 2. The van der Waals surface area contributed by atoms with Crippen LogP contribution >= 0.6 is 7.92 Å². The molecule has 29 heteroatoms. The molecule has 0 aliphatic carbocycles. The average Bonchev–Trinajstić information content (AvgIpc) is 1.59. The first kappa shape index (κ1) is 79.6. The number of Topliss-reactive ketones (excluding diaryl/α,β-unsaturated/α-hetero) is 1. The number of carbonyl (C=O) groups excluding carboxylic acids is 3. The third-order valence-corrected chi connectivity index (χ3v) is 22.9. The number of carbonyl (C=O) groups is 3. The zero-order chi connectivity index (χ0) is 71.9. The molecule has 2 aliphatic rings. The number of ketones is 1. The minimum absolute atomic E-state index is 0.00652. The Bertz CT molecular complexity index is 4150. The lowest BCUT2D eigenvalue weighted by Crippen LogP contribution is -2.32. The third-order valence-electron chi connectivity index (χ3n) is 17.1. The molecule has 0 saturated heterocycles. The van der Waals surface area contributed by atoms with Crippen molar-refractivity contribution in [1.82, 2.24) is 5.32 Å². The average molecular weight is 1470 g/mol. The largest absolute Gasteiger partial charge is 0.465 e. The summed E-state index contributed by atoms with van der Waals surface area (Å²) in [7, 11) is -16.6. The van der Waals surface area contributed by atoms with Gasteiger partial charge in [0.15, 0.2) is 5.71 Å². The Labute approximate surface area is 582 Å². The van der Waals surface area contributed by atoms with E-state index in [2.05, 4.69) is 5.32 Å². The maximum atomic E-state index is 13.7. The summed E-state index contributed by atoms with van der Waals surface area (Å²) in [6, 6.07) is 32.7. The number of amides is 1. The van der Waals surface area contributed by atoms with Crippen molar-refractivity contribution in [3.8, 4) is 0 Å². The van der Waals surface area contributed by atoms with Crippen molar-refractivity contribution in [3.63, 3.8) is 0 Å². The predicted molar refractivity (Wildman–Crippen MR) is 379 cm³/mol. The monoisotopic (exact) mass is 1470 g/mol. The standard InChI is InChI=1S/C70H88N3O21PS4/c1-69(34-18-48-96(77,78)79)60-51-57(98(83,84)85)29-32-62(60)72(37-16-8-9-20-54(74)21-17-36-71-67(75)53-28-31-59(68(76)90-4)64(50-53)95(55-22-10-5-11-23-55)56-24-12-6-13-25-56)65(69)26-14-7-15-27-66-70(2,35-19-49-97(80,81)82)61-52-58(99(86,87)88)30-33-63(61)73(66)38-39-91-42-43-93-46-47-94-45-44-92-41-40-89-3/h5-7,10-15,22-33,50-52H,8-9,16-21,34-49H2,1-4H3,(H4-,71,75,77,78,79,80,81,82,83,84,85,86,87,88)/p+1. The van der Waals surface area contributed by atoms with Gasteiger partial charge in [0.2, 0.25) is 5.69 Å². The molecule has 2 unspecified atom stereocenters. The van der Waals surface area contributed by atoms with Gasteiger partial charge in [-0.15, -0.1) is 0 Å². The van der Waals surface area contributed by atoms with Gasteiger partial charge >= 0.3 is 5.97 Å². The van der Waals surface area contributed by atoms with Crippen LogP contribution in [0.15, 0.2) is 161 Å². The zero-order valence-corrected chi connectivity index (χ0v) is 60.2. The summed E-state index contributed by atoms with van der Waals surface area (Å²) in [6.45, 7) is 7.38. The second-order valence-corrected chi connectivity index (χ2v) is 32.3. The minimum atomic E-state index is -4.72. The van der Waals surface area contributed by atoms with Gasteiger partial charge < -0.3 is 38.6 Å². The lowest BCUT2D eigenvalue weighted by Gasteiger charge is -2.30. The number of nitrogens with one attached hydrogen (secondary N) is 1. The van der Waals surface area contributed by atoms with E-state index in [-0.39, 0.29) is 88.0 Å². The number of nitrogens with zero attached hydrogens (tertiary/aromatic N) is 2. The highest BCUT2D eigenvalue weighted by atomic mass is 32.2. The Kier molecular flexibility index (Phi) is 30.0. The molecule has 538 valence electrons. The van der Waals surface area contributed by atoms with Gasteiger partial charge in [-0.3, -0.25) is 27.8 Å². The van der Waals surface area contributed by atoms with Gasteiger partial charge in [-0.25, -0.2) is 4.79 Å². The van der Waals surface area contributed by atoms with Crippen LogP contribution in [0.5, 0.6) is 0 Å². The molecule has 2 atom stereocenters. The molecule has 0 aromatic heterocycles. The first-order valence-corrected chi connectivity index (χ1v) is 39.9. The van der Waals surface area contributed by atoms with E-state index in [9.17, 15) is 66.3 Å². The minimum Gasteiger partial charge on any atom is -0.465 e. The molecule has 0 bridgehead atoms. The number of rotatable bonds is 43. The second kappa shape index (κ2) is 37.3. The van der Waals surface area contributed by atoms with Crippen LogP contribution in [0.25, 0.3) is 0 Å². The van der Waals surface area contributed by atoms with Crippen LogP contribution in [0.2, 0.25) is 0 Å².